The van der Waals surface area contributed by atoms with Gasteiger partial charge in [-0.15, -0.1) is 0 Å². The second-order valence-electron chi connectivity index (χ2n) is 7.26. The summed E-state index contributed by atoms with van der Waals surface area (Å²) in [5, 5.41) is 3.95. The number of aryl methyl sites for hydroxylation is 1. The molecule has 4 aliphatic carbocycles. The van der Waals surface area contributed by atoms with Gasteiger partial charge in [0, 0.05) is 16.2 Å². The van der Waals surface area contributed by atoms with Crippen molar-refractivity contribution in [3.05, 3.63) is 28.2 Å². The third-order valence-corrected chi connectivity index (χ3v) is 6.49. The summed E-state index contributed by atoms with van der Waals surface area (Å²) in [4.78, 5) is 0. The van der Waals surface area contributed by atoms with Gasteiger partial charge in [-0.3, -0.25) is 0 Å². The molecule has 4 aliphatic rings. The van der Waals surface area contributed by atoms with Crippen LogP contribution in [0.3, 0.4) is 0 Å². The van der Waals surface area contributed by atoms with E-state index in [1.54, 1.807) is 0 Å². The lowest BCUT2D eigenvalue weighted by Crippen LogP contribution is -2.51. The fourth-order valence-corrected chi connectivity index (χ4v) is 5.74. The fourth-order valence-electron chi connectivity index (χ4n) is 5.34. The average molecular weight is 334 g/mol. The molecule has 4 saturated carbocycles. The van der Waals surface area contributed by atoms with Crippen molar-refractivity contribution in [2.75, 3.05) is 5.32 Å². The van der Waals surface area contributed by atoms with Gasteiger partial charge >= 0.3 is 0 Å². The first-order valence-corrected chi connectivity index (χ1v) is 9.07. The molecule has 5 rings (SSSR count). The van der Waals surface area contributed by atoms with Crippen molar-refractivity contribution in [3.8, 4) is 0 Å². The highest BCUT2D eigenvalue weighted by atomic mass is 79.9. The van der Waals surface area contributed by atoms with E-state index in [4.69, 9.17) is 0 Å². The van der Waals surface area contributed by atoms with Crippen LogP contribution < -0.4 is 5.32 Å². The van der Waals surface area contributed by atoms with Crippen molar-refractivity contribution in [1.29, 1.82) is 0 Å². The molecule has 1 aromatic carbocycles. The van der Waals surface area contributed by atoms with Crippen LogP contribution in [0.5, 0.6) is 0 Å². The Morgan fingerprint density at radius 3 is 2.30 bits per heavy atom. The number of benzene rings is 1. The van der Waals surface area contributed by atoms with Crippen molar-refractivity contribution < 1.29 is 0 Å². The van der Waals surface area contributed by atoms with E-state index in [1.165, 1.54) is 47.8 Å². The van der Waals surface area contributed by atoms with Crippen LogP contribution in [0.15, 0.2) is 22.7 Å². The minimum atomic E-state index is 0.745. The highest BCUT2D eigenvalue weighted by Gasteiger charge is 2.48. The van der Waals surface area contributed by atoms with E-state index in [9.17, 15) is 0 Å². The van der Waals surface area contributed by atoms with Crippen LogP contribution in [0.25, 0.3) is 0 Å². The van der Waals surface area contributed by atoms with E-state index in [1.807, 2.05) is 0 Å². The third kappa shape index (κ3) is 2.20. The number of anilines is 1. The Kier molecular flexibility index (Phi) is 3.33. The van der Waals surface area contributed by atoms with Crippen LogP contribution in [-0.2, 0) is 6.42 Å². The lowest BCUT2D eigenvalue weighted by atomic mass is 9.54. The summed E-state index contributed by atoms with van der Waals surface area (Å²) in [5.41, 5.74) is 2.83. The number of nitrogens with one attached hydrogen (secondary N) is 1. The number of hydrogen-bond donors (Lipinski definition) is 1. The summed E-state index contributed by atoms with van der Waals surface area (Å²) < 4.78 is 1.20. The summed E-state index contributed by atoms with van der Waals surface area (Å²) in [6.07, 6.45) is 8.60. The Balaban J connectivity index is 1.57. The molecule has 1 N–H and O–H groups in total. The van der Waals surface area contributed by atoms with Crippen LogP contribution in [0.1, 0.15) is 44.6 Å². The van der Waals surface area contributed by atoms with Gasteiger partial charge in [0.1, 0.15) is 0 Å². The van der Waals surface area contributed by atoms with Gasteiger partial charge in [0.25, 0.3) is 0 Å². The Labute approximate surface area is 130 Å². The molecule has 1 aromatic rings. The summed E-state index contributed by atoms with van der Waals surface area (Å²) in [7, 11) is 0. The summed E-state index contributed by atoms with van der Waals surface area (Å²) in [6.45, 7) is 2.25. The maximum absolute atomic E-state index is 3.95. The predicted molar refractivity (Wildman–Crippen MR) is 88.0 cm³/mol. The van der Waals surface area contributed by atoms with Crippen molar-refractivity contribution in [2.45, 2.75) is 51.5 Å². The molecule has 4 fully saturated rings. The van der Waals surface area contributed by atoms with Gasteiger partial charge in [0.05, 0.1) is 0 Å². The van der Waals surface area contributed by atoms with E-state index >= 15 is 0 Å². The molecule has 0 spiro atoms. The third-order valence-electron chi connectivity index (χ3n) is 6.00. The quantitative estimate of drug-likeness (QED) is 0.796. The molecule has 0 heterocycles. The minimum absolute atomic E-state index is 0.745. The number of hydrogen-bond acceptors (Lipinski definition) is 1. The molecule has 0 radical (unpaired) electrons. The van der Waals surface area contributed by atoms with E-state index in [0.29, 0.717) is 0 Å². The van der Waals surface area contributed by atoms with Crippen LogP contribution in [0, 0.1) is 23.7 Å². The lowest BCUT2D eigenvalue weighted by molar-refractivity contribution is 0.00752. The van der Waals surface area contributed by atoms with Gasteiger partial charge in [-0.1, -0.05) is 22.9 Å². The normalized spacial score (nSPS) is 38.2. The molecule has 1 nitrogen and oxygen atoms in total. The predicted octanol–water partition coefficient (Wildman–Crippen LogP) is 5.25. The van der Waals surface area contributed by atoms with Crippen LogP contribution in [0.2, 0.25) is 0 Å². The van der Waals surface area contributed by atoms with Crippen LogP contribution >= 0.6 is 15.9 Å². The second-order valence-corrected chi connectivity index (χ2v) is 8.17. The molecule has 0 aliphatic heterocycles. The topological polar surface area (TPSA) is 12.0 Å². The van der Waals surface area contributed by atoms with Crippen molar-refractivity contribution in [2.24, 2.45) is 23.7 Å². The van der Waals surface area contributed by atoms with E-state index in [2.05, 4.69) is 46.4 Å². The highest BCUT2D eigenvalue weighted by Crippen LogP contribution is 2.54. The zero-order valence-electron chi connectivity index (χ0n) is 12.2. The Morgan fingerprint density at radius 2 is 1.70 bits per heavy atom. The molecular weight excluding hydrogens is 310 g/mol. The Hall–Kier alpha value is -0.500. The number of halogens is 1. The van der Waals surface area contributed by atoms with Crippen molar-refractivity contribution in [1.82, 2.24) is 0 Å². The van der Waals surface area contributed by atoms with Crippen LogP contribution in [-0.4, -0.2) is 6.04 Å². The fraction of sp³-hybridized carbons (Fsp3) is 0.667. The first kappa shape index (κ1) is 13.2. The SMILES string of the molecule is CCc1cc(Br)ccc1NC1C2CC3CC(C2)CC1C3. The van der Waals surface area contributed by atoms with E-state index in [0.717, 1.165) is 36.1 Å². The Bertz CT molecular complexity index is 482. The molecule has 0 unspecified atom stereocenters. The van der Waals surface area contributed by atoms with Gasteiger partial charge in [0.2, 0.25) is 0 Å². The molecular formula is C18H24BrN. The van der Waals surface area contributed by atoms with Gasteiger partial charge < -0.3 is 5.32 Å². The first-order valence-electron chi connectivity index (χ1n) is 8.28. The molecule has 20 heavy (non-hydrogen) atoms. The maximum Gasteiger partial charge on any atom is 0.0375 e. The van der Waals surface area contributed by atoms with Crippen molar-refractivity contribution in [3.63, 3.8) is 0 Å². The Morgan fingerprint density at radius 1 is 1.05 bits per heavy atom. The van der Waals surface area contributed by atoms with Crippen LogP contribution in [0.4, 0.5) is 5.69 Å². The van der Waals surface area contributed by atoms with Gasteiger partial charge in [-0.05, 0) is 86.0 Å². The lowest BCUT2D eigenvalue weighted by Gasteiger charge is -2.54. The second kappa shape index (κ2) is 5.05. The average Bonchev–Trinajstić information content (AvgIpc) is 2.43. The van der Waals surface area contributed by atoms with E-state index in [-0.39, 0.29) is 0 Å². The molecule has 0 amide bonds. The maximum atomic E-state index is 3.95. The zero-order chi connectivity index (χ0) is 13.7. The van der Waals surface area contributed by atoms with E-state index < -0.39 is 0 Å². The van der Waals surface area contributed by atoms with Gasteiger partial charge in [-0.25, -0.2) is 0 Å². The van der Waals surface area contributed by atoms with Gasteiger partial charge in [0.15, 0.2) is 0 Å². The molecule has 0 atom stereocenters. The molecule has 4 bridgehead atoms. The summed E-state index contributed by atoms with van der Waals surface area (Å²) in [6, 6.07) is 7.47. The molecule has 108 valence electrons. The highest BCUT2D eigenvalue weighted by molar-refractivity contribution is 9.10. The minimum Gasteiger partial charge on any atom is -0.382 e. The number of rotatable bonds is 3. The largest absolute Gasteiger partial charge is 0.382 e. The van der Waals surface area contributed by atoms with Crippen molar-refractivity contribution >= 4 is 21.6 Å². The molecule has 0 saturated heterocycles. The first-order chi connectivity index (χ1) is 9.72. The standard InChI is InChI=1S/C18H24BrN/c1-2-13-10-16(19)3-4-17(13)20-18-14-6-11-5-12(8-14)9-15(18)7-11/h3-4,10-12,14-15,18,20H,2,5-9H2,1H3. The summed E-state index contributed by atoms with van der Waals surface area (Å²) >= 11 is 3.60. The smallest absolute Gasteiger partial charge is 0.0375 e. The molecule has 2 heteroatoms. The van der Waals surface area contributed by atoms with Gasteiger partial charge in [-0.2, -0.15) is 0 Å². The zero-order valence-corrected chi connectivity index (χ0v) is 13.8. The monoisotopic (exact) mass is 333 g/mol. The molecule has 0 aromatic heterocycles. The summed E-state index contributed by atoms with van der Waals surface area (Å²) in [5.74, 6) is 4.01.